The van der Waals surface area contributed by atoms with Crippen LogP contribution in [-0.2, 0) is 21.7 Å². The van der Waals surface area contributed by atoms with Crippen LogP contribution in [0.5, 0.6) is 0 Å². The van der Waals surface area contributed by atoms with Crippen LogP contribution in [0.2, 0.25) is 0 Å². The summed E-state index contributed by atoms with van der Waals surface area (Å²) in [4.78, 5) is 25.3. The van der Waals surface area contributed by atoms with E-state index in [1.165, 1.54) is 18.3 Å². The number of pyridine rings is 2. The highest BCUT2D eigenvalue weighted by molar-refractivity contribution is 5.87. The highest BCUT2D eigenvalue weighted by Gasteiger charge is 2.43. The number of likely N-dealkylation sites (N-methyl/N-ethyl adjacent to an activating group) is 1. The fourth-order valence-corrected chi connectivity index (χ4v) is 5.50. The molecule has 194 valence electrons. The van der Waals surface area contributed by atoms with Gasteiger partial charge in [0.1, 0.15) is 0 Å². The summed E-state index contributed by atoms with van der Waals surface area (Å²) in [7, 11) is 1.82. The van der Waals surface area contributed by atoms with E-state index in [9.17, 15) is 13.6 Å². The first-order valence-corrected chi connectivity index (χ1v) is 12.8. The van der Waals surface area contributed by atoms with Crippen molar-refractivity contribution in [2.24, 2.45) is 0 Å². The van der Waals surface area contributed by atoms with Crippen molar-refractivity contribution < 1.29 is 18.3 Å². The van der Waals surface area contributed by atoms with Crippen LogP contribution in [0, 0.1) is 18.8 Å². The second-order valence-electron chi connectivity index (χ2n) is 10.2. The molecule has 0 bridgehead atoms. The van der Waals surface area contributed by atoms with E-state index in [1.54, 1.807) is 17.2 Å². The van der Waals surface area contributed by atoms with Crippen molar-refractivity contribution in [3.63, 3.8) is 0 Å². The molecule has 1 spiro atoms. The van der Waals surface area contributed by atoms with Crippen molar-refractivity contribution in [1.82, 2.24) is 19.8 Å². The molecule has 1 unspecified atom stereocenters. The van der Waals surface area contributed by atoms with Gasteiger partial charge in [-0.3, -0.25) is 4.79 Å². The third-order valence-electron chi connectivity index (χ3n) is 7.70. The van der Waals surface area contributed by atoms with Gasteiger partial charge in [-0.15, -0.1) is 0 Å². The van der Waals surface area contributed by atoms with Crippen LogP contribution in [0.3, 0.4) is 0 Å². The fourth-order valence-electron chi connectivity index (χ4n) is 5.50. The van der Waals surface area contributed by atoms with Gasteiger partial charge in [0.25, 0.3) is 0 Å². The SMILES string of the molecule is Cc1ccc(C(C(=O)N(C)CCCN2CCC3(CC2)OCc2cc(F)ncc23)c2ccc(F)nc2)cc1. The Bertz CT molecular complexity index is 1200. The van der Waals surface area contributed by atoms with Gasteiger partial charge in [0.2, 0.25) is 17.8 Å². The minimum absolute atomic E-state index is 0.0365. The number of aryl methyl sites for hydroxylation is 1. The summed E-state index contributed by atoms with van der Waals surface area (Å²) in [6, 6.07) is 12.3. The number of piperidine rings is 1. The number of hydrogen-bond acceptors (Lipinski definition) is 5. The number of rotatable bonds is 7. The first-order chi connectivity index (χ1) is 17.8. The minimum Gasteiger partial charge on any atom is -0.365 e. The summed E-state index contributed by atoms with van der Waals surface area (Å²) in [5.74, 6) is -1.60. The summed E-state index contributed by atoms with van der Waals surface area (Å²) in [5, 5.41) is 0. The van der Waals surface area contributed by atoms with Crippen LogP contribution in [-0.4, -0.2) is 58.9 Å². The molecule has 2 aromatic heterocycles. The molecule has 8 heteroatoms. The fraction of sp³-hybridized carbons (Fsp3) is 0.414. The Morgan fingerprint density at radius 3 is 2.46 bits per heavy atom. The number of ether oxygens (including phenoxy) is 1. The zero-order chi connectivity index (χ0) is 26.0. The number of carbonyl (C=O) groups excluding carboxylic acids is 1. The lowest BCUT2D eigenvalue weighted by molar-refractivity contribution is -0.130. The minimum atomic E-state index is -0.564. The molecule has 1 aromatic carbocycles. The van der Waals surface area contributed by atoms with Gasteiger partial charge >= 0.3 is 0 Å². The number of nitrogens with zero attached hydrogens (tertiary/aromatic N) is 4. The number of fused-ring (bicyclic) bond motifs is 2. The van der Waals surface area contributed by atoms with E-state index in [0.717, 1.165) is 61.2 Å². The van der Waals surface area contributed by atoms with Crippen LogP contribution in [0.4, 0.5) is 8.78 Å². The van der Waals surface area contributed by atoms with Gasteiger partial charge in [-0.25, -0.2) is 9.97 Å². The molecule has 2 aliphatic heterocycles. The van der Waals surface area contributed by atoms with Crippen molar-refractivity contribution in [1.29, 1.82) is 0 Å². The van der Waals surface area contributed by atoms with Gasteiger partial charge in [0, 0.05) is 44.6 Å². The number of likely N-dealkylation sites (tertiary alicyclic amines) is 1. The molecule has 3 aromatic rings. The molecule has 1 saturated heterocycles. The van der Waals surface area contributed by atoms with E-state index in [0.29, 0.717) is 18.7 Å². The highest BCUT2D eigenvalue weighted by atomic mass is 19.1. The van der Waals surface area contributed by atoms with Crippen molar-refractivity contribution in [2.75, 3.05) is 33.2 Å². The monoisotopic (exact) mass is 506 g/mol. The predicted octanol–water partition coefficient (Wildman–Crippen LogP) is 4.57. The van der Waals surface area contributed by atoms with Crippen molar-refractivity contribution in [3.05, 3.63) is 94.6 Å². The zero-order valence-electron chi connectivity index (χ0n) is 21.3. The standard InChI is InChI=1S/C29H32F2N4O2/c1-20-4-6-21(7-5-20)27(22-8-9-25(30)32-17-22)28(36)34(2)12-3-13-35-14-10-29(11-15-35)24-18-33-26(31)16-23(24)19-37-29/h4-9,16-18,27H,3,10-15,19H2,1-2H3. The molecule has 37 heavy (non-hydrogen) atoms. The summed E-state index contributed by atoms with van der Waals surface area (Å²) in [6.45, 7) is 5.68. The number of carbonyl (C=O) groups is 1. The highest BCUT2D eigenvalue weighted by Crippen LogP contribution is 2.43. The van der Waals surface area contributed by atoms with Crippen LogP contribution in [0.15, 0.2) is 54.9 Å². The summed E-state index contributed by atoms with van der Waals surface area (Å²) < 4.78 is 33.1. The third kappa shape index (κ3) is 5.40. The Hall–Kier alpha value is -3.23. The normalized spacial score (nSPS) is 17.5. The Morgan fingerprint density at radius 1 is 1.05 bits per heavy atom. The second-order valence-corrected chi connectivity index (χ2v) is 10.2. The van der Waals surface area contributed by atoms with E-state index in [1.807, 2.05) is 38.2 Å². The van der Waals surface area contributed by atoms with E-state index in [4.69, 9.17) is 4.74 Å². The van der Waals surface area contributed by atoms with Crippen LogP contribution >= 0.6 is 0 Å². The maximum Gasteiger partial charge on any atom is 0.234 e. The van der Waals surface area contributed by atoms with E-state index in [-0.39, 0.29) is 11.5 Å². The van der Waals surface area contributed by atoms with Gasteiger partial charge in [0.15, 0.2) is 0 Å². The summed E-state index contributed by atoms with van der Waals surface area (Å²) in [5.41, 5.74) is 4.22. The lowest BCUT2D eigenvalue weighted by atomic mass is 9.84. The smallest absolute Gasteiger partial charge is 0.234 e. The molecular formula is C29H32F2N4O2. The Labute approximate surface area is 216 Å². The lowest BCUT2D eigenvalue weighted by Crippen LogP contribution is -2.43. The number of hydrogen-bond donors (Lipinski definition) is 0. The molecule has 1 atom stereocenters. The second kappa shape index (κ2) is 10.6. The molecule has 0 saturated carbocycles. The molecule has 1 amide bonds. The molecule has 5 rings (SSSR count). The Balaban J connectivity index is 1.17. The van der Waals surface area contributed by atoms with Gasteiger partial charge in [0.05, 0.1) is 18.1 Å². The molecule has 2 aliphatic rings. The third-order valence-corrected chi connectivity index (χ3v) is 7.70. The summed E-state index contributed by atoms with van der Waals surface area (Å²) >= 11 is 0. The van der Waals surface area contributed by atoms with E-state index in [2.05, 4.69) is 14.9 Å². The summed E-state index contributed by atoms with van der Waals surface area (Å²) in [6.07, 6.45) is 5.60. The molecule has 4 heterocycles. The Morgan fingerprint density at radius 2 is 1.76 bits per heavy atom. The largest absolute Gasteiger partial charge is 0.365 e. The number of aromatic nitrogens is 2. The average Bonchev–Trinajstić information content (AvgIpc) is 3.24. The van der Waals surface area contributed by atoms with Crippen LogP contribution in [0.1, 0.15) is 53.0 Å². The van der Waals surface area contributed by atoms with Gasteiger partial charge in [-0.05, 0) is 61.6 Å². The first kappa shape index (κ1) is 25.4. The van der Waals surface area contributed by atoms with Gasteiger partial charge < -0.3 is 14.5 Å². The van der Waals surface area contributed by atoms with Crippen LogP contribution < -0.4 is 0 Å². The average molecular weight is 507 g/mol. The molecule has 1 fully saturated rings. The quantitative estimate of drug-likeness (QED) is 0.440. The molecule has 0 aliphatic carbocycles. The van der Waals surface area contributed by atoms with Crippen molar-refractivity contribution >= 4 is 5.91 Å². The van der Waals surface area contributed by atoms with E-state index >= 15 is 0 Å². The van der Waals surface area contributed by atoms with Gasteiger partial charge in [-0.1, -0.05) is 35.9 Å². The molecule has 0 radical (unpaired) electrons. The lowest BCUT2D eigenvalue weighted by Gasteiger charge is -2.39. The number of halogens is 2. The predicted molar refractivity (Wildman–Crippen MR) is 136 cm³/mol. The molecule has 6 nitrogen and oxygen atoms in total. The number of benzene rings is 1. The van der Waals surface area contributed by atoms with Crippen molar-refractivity contribution in [2.45, 2.75) is 44.3 Å². The molecular weight excluding hydrogens is 474 g/mol. The maximum atomic E-state index is 13.5. The maximum absolute atomic E-state index is 13.5. The first-order valence-electron chi connectivity index (χ1n) is 12.8. The number of amides is 1. The molecule has 0 N–H and O–H groups in total. The van der Waals surface area contributed by atoms with E-state index < -0.39 is 17.8 Å². The zero-order valence-corrected chi connectivity index (χ0v) is 21.3. The van der Waals surface area contributed by atoms with Crippen LogP contribution in [0.25, 0.3) is 0 Å². The van der Waals surface area contributed by atoms with Crippen molar-refractivity contribution in [3.8, 4) is 0 Å². The van der Waals surface area contributed by atoms with Gasteiger partial charge in [-0.2, -0.15) is 8.78 Å². The topological polar surface area (TPSA) is 58.6 Å². The Kier molecular flexibility index (Phi) is 7.31.